The molecular formula is C24H29FN2O. The molecular weight excluding hydrogens is 351 g/mol. The van der Waals surface area contributed by atoms with Gasteiger partial charge in [-0.15, -0.1) is 0 Å². The number of hydrogen-bond acceptors (Lipinski definition) is 2. The fourth-order valence-electron chi connectivity index (χ4n) is 5.29. The fraction of sp³-hybridized carbons (Fsp3) is 0.417. The van der Waals surface area contributed by atoms with E-state index in [1.807, 2.05) is 18.2 Å². The van der Waals surface area contributed by atoms with Crippen molar-refractivity contribution in [3.05, 3.63) is 72.2 Å². The van der Waals surface area contributed by atoms with E-state index in [-0.39, 0.29) is 17.0 Å². The molecule has 0 radical (unpaired) electrons. The van der Waals surface area contributed by atoms with E-state index in [1.54, 1.807) is 6.07 Å². The minimum Gasteiger partial charge on any atom is -0.368 e. The molecule has 1 aliphatic carbocycles. The summed E-state index contributed by atoms with van der Waals surface area (Å²) in [4.78, 5) is 5.88. The third-order valence-corrected chi connectivity index (χ3v) is 6.85. The second-order valence-electron chi connectivity index (χ2n) is 8.25. The highest BCUT2D eigenvalue weighted by Gasteiger charge is 2.49. The average molecular weight is 381 g/mol. The van der Waals surface area contributed by atoms with Gasteiger partial charge in [0.2, 0.25) is 0 Å². The molecule has 1 saturated carbocycles. The Labute approximate surface area is 166 Å². The van der Waals surface area contributed by atoms with Gasteiger partial charge in [0, 0.05) is 16.4 Å². The number of ether oxygens (including phenoxy) is 1. The van der Waals surface area contributed by atoms with Crippen molar-refractivity contribution in [2.45, 2.75) is 43.2 Å². The van der Waals surface area contributed by atoms with Crippen LogP contribution in [0.15, 0.2) is 55.2 Å². The molecule has 1 aromatic carbocycles. The highest BCUT2D eigenvalue weighted by Crippen LogP contribution is 2.51. The summed E-state index contributed by atoms with van der Waals surface area (Å²) in [5.74, 6) is -0.185. The fourth-order valence-corrected chi connectivity index (χ4v) is 5.29. The van der Waals surface area contributed by atoms with Crippen LogP contribution < -0.4 is 0 Å². The molecule has 0 bridgehead atoms. The second kappa shape index (κ2) is 7.02. The van der Waals surface area contributed by atoms with Crippen molar-refractivity contribution >= 4 is 10.9 Å². The molecule has 1 N–H and O–H groups in total. The molecule has 3 nitrogen and oxygen atoms in total. The Bertz CT molecular complexity index is 945. The monoisotopic (exact) mass is 380 g/mol. The molecule has 0 unspecified atom stereocenters. The Morgan fingerprint density at radius 1 is 1.21 bits per heavy atom. The number of aromatic amines is 1. The van der Waals surface area contributed by atoms with Crippen molar-refractivity contribution in [2.24, 2.45) is 0 Å². The van der Waals surface area contributed by atoms with Gasteiger partial charge in [-0.3, -0.25) is 4.90 Å². The van der Waals surface area contributed by atoms with Crippen LogP contribution in [-0.4, -0.2) is 36.1 Å². The first kappa shape index (κ1) is 19.2. The summed E-state index contributed by atoms with van der Waals surface area (Å²) in [5, 5.41) is 1.00. The van der Waals surface area contributed by atoms with E-state index in [0.29, 0.717) is 6.61 Å². The van der Waals surface area contributed by atoms with Crippen LogP contribution in [-0.2, 0) is 16.8 Å². The molecule has 1 aromatic heterocycles. The van der Waals surface area contributed by atoms with E-state index in [1.165, 1.54) is 17.2 Å². The molecule has 2 aromatic rings. The number of rotatable bonds is 4. The lowest BCUT2D eigenvalue weighted by Gasteiger charge is -2.51. The number of allylic oxidation sites excluding steroid dienone is 2. The molecule has 1 aliphatic heterocycles. The van der Waals surface area contributed by atoms with Crippen molar-refractivity contribution in [1.82, 2.24) is 9.88 Å². The predicted octanol–water partition coefficient (Wildman–Crippen LogP) is 5.25. The summed E-state index contributed by atoms with van der Waals surface area (Å²) in [5.41, 5.74) is 4.20. The van der Waals surface area contributed by atoms with E-state index >= 15 is 0 Å². The van der Waals surface area contributed by atoms with Gasteiger partial charge >= 0.3 is 0 Å². The third kappa shape index (κ3) is 2.78. The van der Waals surface area contributed by atoms with E-state index < -0.39 is 0 Å². The number of H-pyrrole nitrogens is 1. The topological polar surface area (TPSA) is 28.3 Å². The third-order valence-electron chi connectivity index (χ3n) is 6.85. The number of fused-ring (bicyclic) bond motifs is 4. The van der Waals surface area contributed by atoms with Gasteiger partial charge in [-0.2, -0.15) is 0 Å². The van der Waals surface area contributed by atoms with Crippen LogP contribution >= 0.6 is 0 Å². The van der Waals surface area contributed by atoms with E-state index in [0.717, 1.165) is 48.7 Å². The maximum absolute atomic E-state index is 13.8. The molecule has 0 saturated heterocycles. The van der Waals surface area contributed by atoms with Crippen LogP contribution in [0.2, 0.25) is 0 Å². The normalized spacial score (nSPS) is 27.9. The molecule has 1 spiro atoms. The molecule has 0 atom stereocenters. The summed E-state index contributed by atoms with van der Waals surface area (Å²) in [6.45, 7) is 8.60. The number of likely N-dealkylation sites (N-methyl/N-ethyl adjacent to an activating group) is 1. The Morgan fingerprint density at radius 2 is 1.96 bits per heavy atom. The van der Waals surface area contributed by atoms with Crippen molar-refractivity contribution in [1.29, 1.82) is 0 Å². The van der Waals surface area contributed by atoms with E-state index in [2.05, 4.69) is 43.2 Å². The van der Waals surface area contributed by atoms with Crippen molar-refractivity contribution < 1.29 is 9.13 Å². The maximum atomic E-state index is 13.8. The smallest absolute Gasteiger partial charge is 0.123 e. The van der Waals surface area contributed by atoms with Crippen molar-refractivity contribution in [2.75, 3.05) is 20.7 Å². The summed E-state index contributed by atoms with van der Waals surface area (Å²) >= 11 is 0. The van der Waals surface area contributed by atoms with Gasteiger partial charge in [-0.1, -0.05) is 31.4 Å². The Hall–Kier alpha value is -2.17. The molecule has 0 amide bonds. The Balaban J connectivity index is 1.73. The quantitative estimate of drug-likeness (QED) is 0.734. The second-order valence-corrected chi connectivity index (χ2v) is 8.25. The van der Waals surface area contributed by atoms with Crippen LogP contribution in [0.5, 0.6) is 0 Å². The van der Waals surface area contributed by atoms with E-state index in [4.69, 9.17) is 4.74 Å². The van der Waals surface area contributed by atoms with Crippen molar-refractivity contribution in [3.8, 4) is 0 Å². The van der Waals surface area contributed by atoms with Crippen LogP contribution in [0.4, 0.5) is 4.39 Å². The van der Waals surface area contributed by atoms with Gasteiger partial charge in [0.15, 0.2) is 0 Å². The van der Waals surface area contributed by atoms with Crippen LogP contribution in [0.1, 0.15) is 36.9 Å². The van der Waals surface area contributed by atoms with Gasteiger partial charge in [0.05, 0.1) is 12.3 Å². The maximum Gasteiger partial charge on any atom is 0.123 e. The lowest BCUT2D eigenvalue weighted by molar-refractivity contribution is -0.106. The van der Waals surface area contributed by atoms with Gasteiger partial charge < -0.3 is 9.72 Å². The average Bonchev–Trinajstić information content (AvgIpc) is 3.06. The number of aromatic nitrogens is 1. The highest BCUT2D eigenvalue weighted by atomic mass is 19.1. The summed E-state index contributed by atoms with van der Waals surface area (Å²) in [6.07, 6.45) is 10.5. The number of benzene rings is 1. The molecule has 4 heteroatoms. The lowest BCUT2D eigenvalue weighted by Crippen LogP contribution is -2.52. The standard InChI is InChI=1S/C24H29FN2O/c1-5-7-17(6-2)23(27(3)4)11-13-24(14-12-23)22-19(10-15-28-24)20-16-18(25)8-9-21(20)26-22/h5-9,16,26H,1-2,10-15H2,3-4H3/b17-7+. The minimum absolute atomic E-state index is 0.0692. The largest absolute Gasteiger partial charge is 0.368 e. The first-order valence-electron chi connectivity index (χ1n) is 10.0. The van der Waals surface area contributed by atoms with Gasteiger partial charge in [-0.25, -0.2) is 4.39 Å². The van der Waals surface area contributed by atoms with Gasteiger partial charge in [0.1, 0.15) is 11.4 Å². The first-order valence-corrected chi connectivity index (χ1v) is 10.0. The number of nitrogens with zero attached hydrogens (tertiary/aromatic N) is 1. The lowest BCUT2D eigenvalue weighted by atomic mass is 9.67. The summed E-state index contributed by atoms with van der Waals surface area (Å²) in [6, 6.07) is 5.01. The molecule has 28 heavy (non-hydrogen) atoms. The van der Waals surface area contributed by atoms with Crippen LogP contribution in [0.25, 0.3) is 10.9 Å². The SMILES string of the molecule is C=C/C=C(\C=C)C1(N(C)C)CCC2(CC1)OCCc1c2[nH]c2ccc(F)cc12. The zero-order valence-electron chi connectivity index (χ0n) is 16.9. The first-order chi connectivity index (χ1) is 13.5. The highest BCUT2D eigenvalue weighted by molar-refractivity contribution is 5.85. The molecule has 2 aliphatic rings. The van der Waals surface area contributed by atoms with Gasteiger partial charge in [-0.05, 0) is 75.5 Å². The number of halogens is 1. The zero-order valence-corrected chi connectivity index (χ0v) is 16.9. The Kier molecular flexibility index (Phi) is 4.80. The summed E-state index contributed by atoms with van der Waals surface area (Å²) < 4.78 is 20.3. The van der Waals surface area contributed by atoms with Crippen LogP contribution in [0.3, 0.4) is 0 Å². The van der Waals surface area contributed by atoms with Crippen molar-refractivity contribution in [3.63, 3.8) is 0 Å². The molecule has 4 rings (SSSR count). The molecule has 1 fully saturated rings. The van der Waals surface area contributed by atoms with Crippen LogP contribution in [0, 0.1) is 5.82 Å². The molecule has 148 valence electrons. The Morgan fingerprint density at radius 3 is 2.61 bits per heavy atom. The number of hydrogen-bond donors (Lipinski definition) is 1. The predicted molar refractivity (Wildman–Crippen MR) is 113 cm³/mol. The summed E-state index contributed by atoms with van der Waals surface area (Å²) in [7, 11) is 4.27. The number of nitrogens with one attached hydrogen (secondary N) is 1. The molecule has 2 heterocycles. The van der Waals surface area contributed by atoms with Gasteiger partial charge in [0.25, 0.3) is 0 Å². The minimum atomic E-state index is -0.316. The zero-order chi connectivity index (χ0) is 19.9. The van der Waals surface area contributed by atoms with E-state index in [9.17, 15) is 4.39 Å².